The van der Waals surface area contributed by atoms with Crippen molar-refractivity contribution in [1.82, 2.24) is 0 Å². The van der Waals surface area contributed by atoms with Gasteiger partial charge in [-0.15, -0.1) is 0 Å². The third-order valence-electron chi connectivity index (χ3n) is 2.46. The third kappa shape index (κ3) is 2.03. The third-order valence-corrected chi connectivity index (χ3v) is 2.46. The predicted octanol–water partition coefficient (Wildman–Crippen LogP) is 1.08. The molecule has 2 rings (SSSR count). The summed E-state index contributed by atoms with van der Waals surface area (Å²) in [6.45, 7) is 2.08. The van der Waals surface area contributed by atoms with Crippen molar-refractivity contribution < 1.29 is 14.3 Å². The molecule has 4 heteroatoms. The molecule has 0 bridgehead atoms. The highest BCUT2D eigenvalue weighted by atomic mass is 16.7. The number of carbonyl (C=O) groups is 1. The molecule has 0 aromatic heterocycles. The molecule has 1 aliphatic rings. The number of amides is 1. The Morgan fingerprint density at radius 2 is 2.20 bits per heavy atom. The van der Waals surface area contributed by atoms with Crippen molar-refractivity contribution in [1.29, 1.82) is 0 Å². The second kappa shape index (κ2) is 3.81. The Balaban J connectivity index is 2.13. The molecule has 0 saturated carbocycles. The lowest BCUT2D eigenvalue weighted by Gasteiger charge is -2.07. The van der Waals surface area contributed by atoms with Gasteiger partial charge in [-0.05, 0) is 24.1 Å². The molecule has 2 N–H and O–H groups in total. The largest absolute Gasteiger partial charge is 0.454 e. The van der Waals surface area contributed by atoms with Gasteiger partial charge >= 0.3 is 0 Å². The number of carbonyl (C=O) groups excluding carboxylic acids is 1. The first kappa shape index (κ1) is 9.83. The molecule has 1 atom stereocenters. The Bertz CT molecular complexity index is 389. The molecule has 0 spiro atoms. The second-order valence-corrected chi connectivity index (χ2v) is 3.70. The van der Waals surface area contributed by atoms with Gasteiger partial charge in [-0.2, -0.15) is 0 Å². The molecule has 1 aromatic carbocycles. The van der Waals surface area contributed by atoms with Gasteiger partial charge in [-0.25, -0.2) is 0 Å². The van der Waals surface area contributed by atoms with Gasteiger partial charge in [0.2, 0.25) is 12.7 Å². The number of nitrogens with two attached hydrogens (primary N) is 1. The Labute approximate surface area is 88.0 Å². The molecule has 15 heavy (non-hydrogen) atoms. The first-order chi connectivity index (χ1) is 7.16. The lowest BCUT2D eigenvalue weighted by Crippen LogP contribution is -2.22. The molecule has 0 unspecified atom stereocenters. The van der Waals surface area contributed by atoms with Crippen molar-refractivity contribution in [3.63, 3.8) is 0 Å². The number of primary amides is 1. The maximum atomic E-state index is 10.9. The van der Waals surface area contributed by atoms with Crippen molar-refractivity contribution in [2.75, 3.05) is 6.79 Å². The maximum absolute atomic E-state index is 10.9. The van der Waals surface area contributed by atoms with Gasteiger partial charge in [0.15, 0.2) is 11.5 Å². The number of hydrogen-bond donors (Lipinski definition) is 1. The zero-order chi connectivity index (χ0) is 10.8. The van der Waals surface area contributed by atoms with Gasteiger partial charge in [-0.1, -0.05) is 13.0 Å². The number of benzene rings is 1. The minimum absolute atomic E-state index is 0.162. The monoisotopic (exact) mass is 207 g/mol. The first-order valence-electron chi connectivity index (χ1n) is 4.84. The number of hydrogen-bond acceptors (Lipinski definition) is 3. The highest BCUT2D eigenvalue weighted by Crippen LogP contribution is 2.32. The van der Waals surface area contributed by atoms with E-state index < -0.39 is 0 Å². The summed E-state index contributed by atoms with van der Waals surface area (Å²) < 4.78 is 10.4. The Hall–Kier alpha value is -1.71. The first-order valence-corrected chi connectivity index (χ1v) is 4.84. The zero-order valence-corrected chi connectivity index (χ0v) is 8.53. The highest BCUT2D eigenvalue weighted by molar-refractivity contribution is 5.76. The summed E-state index contributed by atoms with van der Waals surface area (Å²) in [7, 11) is 0. The fourth-order valence-electron chi connectivity index (χ4n) is 1.52. The van der Waals surface area contributed by atoms with Crippen molar-refractivity contribution in [3.8, 4) is 11.5 Å². The maximum Gasteiger partial charge on any atom is 0.231 e. The van der Waals surface area contributed by atoms with Crippen LogP contribution in [0.4, 0.5) is 0 Å². The van der Waals surface area contributed by atoms with E-state index in [1.165, 1.54) is 0 Å². The van der Waals surface area contributed by atoms with Crippen LogP contribution in [0.15, 0.2) is 18.2 Å². The average Bonchev–Trinajstić information content (AvgIpc) is 2.64. The van der Waals surface area contributed by atoms with Crippen LogP contribution in [0.2, 0.25) is 0 Å². The second-order valence-electron chi connectivity index (χ2n) is 3.70. The lowest BCUT2D eigenvalue weighted by atomic mass is 10.0. The van der Waals surface area contributed by atoms with Gasteiger partial charge < -0.3 is 15.2 Å². The summed E-state index contributed by atoms with van der Waals surface area (Å²) in [6, 6.07) is 5.67. The molecular weight excluding hydrogens is 194 g/mol. The van der Waals surface area contributed by atoms with E-state index in [0.29, 0.717) is 6.42 Å². The van der Waals surface area contributed by atoms with E-state index in [9.17, 15) is 4.79 Å². The Morgan fingerprint density at radius 1 is 1.47 bits per heavy atom. The molecular formula is C11H13NO3. The van der Waals surface area contributed by atoms with Gasteiger partial charge in [0.05, 0.1) is 0 Å². The summed E-state index contributed by atoms with van der Waals surface area (Å²) in [5.41, 5.74) is 6.23. The molecule has 0 radical (unpaired) electrons. The van der Waals surface area contributed by atoms with Crippen LogP contribution in [-0.2, 0) is 11.2 Å². The van der Waals surface area contributed by atoms with Crippen LogP contribution in [-0.4, -0.2) is 12.7 Å². The van der Waals surface area contributed by atoms with Gasteiger partial charge in [0, 0.05) is 5.92 Å². The van der Waals surface area contributed by atoms with Crippen LogP contribution in [0.25, 0.3) is 0 Å². The number of ether oxygens (including phenoxy) is 2. The van der Waals surface area contributed by atoms with Gasteiger partial charge in [0.1, 0.15) is 0 Å². The Morgan fingerprint density at radius 3 is 2.93 bits per heavy atom. The molecule has 1 heterocycles. The van der Waals surface area contributed by atoms with E-state index in [2.05, 4.69) is 0 Å². The smallest absolute Gasteiger partial charge is 0.231 e. The lowest BCUT2D eigenvalue weighted by molar-refractivity contribution is -0.121. The molecule has 1 amide bonds. The van der Waals surface area contributed by atoms with Gasteiger partial charge in [-0.3, -0.25) is 4.79 Å². The summed E-state index contributed by atoms with van der Waals surface area (Å²) in [5, 5.41) is 0. The van der Waals surface area contributed by atoms with Gasteiger partial charge in [0.25, 0.3) is 0 Å². The van der Waals surface area contributed by atoms with Crippen molar-refractivity contribution >= 4 is 5.91 Å². The van der Waals surface area contributed by atoms with E-state index in [1.54, 1.807) is 0 Å². The standard InChI is InChI=1S/C11H13NO3/c1-7(11(12)13)4-8-2-3-9-10(5-8)15-6-14-9/h2-3,5,7H,4,6H2,1H3,(H2,12,13)/t7-/m1/s1. The van der Waals surface area contributed by atoms with Crippen LogP contribution in [0.5, 0.6) is 11.5 Å². The van der Waals surface area contributed by atoms with Crippen molar-refractivity contribution in [2.24, 2.45) is 11.7 Å². The SMILES string of the molecule is C[C@H](Cc1ccc2c(c1)OCO2)C(N)=O. The van der Waals surface area contributed by atoms with Crippen LogP contribution in [0.3, 0.4) is 0 Å². The zero-order valence-electron chi connectivity index (χ0n) is 8.53. The van der Waals surface area contributed by atoms with E-state index in [0.717, 1.165) is 17.1 Å². The minimum atomic E-state index is -0.285. The summed E-state index contributed by atoms with van der Waals surface area (Å²) in [4.78, 5) is 10.9. The molecule has 1 aromatic rings. The van der Waals surface area contributed by atoms with E-state index in [-0.39, 0.29) is 18.6 Å². The summed E-state index contributed by atoms with van der Waals surface area (Å²) >= 11 is 0. The quantitative estimate of drug-likeness (QED) is 0.806. The molecule has 1 aliphatic heterocycles. The Kier molecular flexibility index (Phi) is 2.49. The fourth-order valence-corrected chi connectivity index (χ4v) is 1.52. The van der Waals surface area contributed by atoms with Crippen LogP contribution in [0.1, 0.15) is 12.5 Å². The summed E-state index contributed by atoms with van der Waals surface area (Å²) in [5.74, 6) is 1.05. The predicted molar refractivity (Wildman–Crippen MR) is 54.6 cm³/mol. The minimum Gasteiger partial charge on any atom is -0.454 e. The van der Waals surface area contributed by atoms with Crippen LogP contribution >= 0.6 is 0 Å². The highest BCUT2D eigenvalue weighted by Gasteiger charge is 2.15. The van der Waals surface area contributed by atoms with E-state index >= 15 is 0 Å². The molecule has 0 aliphatic carbocycles. The summed E-state index contributed by atoms with van der Waals surface area (Å²) in [6.07, 6.45) is 0.631. The van der Waals surface area contributed by atoms with Crippen molar-refractivity contribution in [3.05, 3.63) is 23.8 Å². The van der Waals surface area contributed by atoms with Crippen LogP contribution < -0.4 is 15.2 Å². The molecule has 0 fully saturated rings. The van der Waals surface area contributed by atoms with Crippen molar-refractivity contribution in [2.45, 2.75) is 13.3 Å². The normalized spacial score (nSPS) is 15.0. The fraction of sp³-hybridized carbons (Fsp3) is 0.364. The van der Waals surface area contributed by atoms with Crippen LogP contribution in [0, 0.1) is 5.92 Å². The van der Waals surface area contributed by atoms with E-state index in [4.69, 9.17) is 15.2 Å². The topological polar surface area (TPSA) is 61.6 Å². The number of fused-ring (bicyclic) bond motifs is 1. The molecule has 0 saturated heterocycles. The number of rotatable bonds is 3. The molecule has 80 valence electrons. The average molecular weight is 207 g/mol. The van der Waals surface area contributed by atoms with E-state index in [1.807, 2.05) is 25.1 Å². The molecule has 4 nitrogen and oxygen atoms in total.